The first-order chi connectivity index (χ1) is 9.56. The molecule has 20 heavy (non-hydrogen) atoms. The van der Waals surface area contributed by atoms with Crippen LogP contribution in [0.25, 0.3) is 0 Å². The molecule has 1 atom stereocenters. The van der Waals surface area contributed by atoms with Crippen LogP contribution < -0.4 is 15.8 Å². The highest BCUT2D eigenvalue weighted by Gasteiger charge is 2.20. The van der Waals surface area contributed by atoms with Crippen LogP contribution in [0.15, 0.2) is 12.1 Å². The number of nitrogens with zero attached hydrogens (tertiary/aromatic N) is 1. The van der Waals surface area contributed by atoms with Gasteiger partial charge in [-0.15, -0.1) is 0 Å². The van der Waals surface area contributed by atoms with Gasteiger partial charge in [-0.05, 0) is 51.7 Å². The molecule has 1 unspecified atom stereocenters. The van der Waals surface area contributed by atoms with Crippen LogP contribution >= 0.6 is 0 Å². The lowest BCUT2D eigenvalue weighted by molar-refractivity contribution is 0.0622. The number of nitrogens with one attached hydrogen (secondary N) is 1. The van der Waals surface area contributed by atoms with E-state index in [0.717, 1.165) is 31.9 Å². The first-order valence-corrected chi connectivity index (χ1v) is 7.33. The van der Waals surface area contributed by atoms with Crippen LogP contribution in [0.3, 0.4) is 0 Å². The van der Waals surface area contributed by atoms with Crippen molar-refractivity contribution in [2.45, 2.75) is 45.8 Å². The van der Waals surface area contributed by atoms with Gasteiger partial charge in [-0.25, -0.2) is 0 Å². The van der Waals surface area contributed by atoms with Gasteiger partial charge in [0.05, 0.1) is 11.8 Å². The summed E-state index contributed by atoms with van der Waals surface area (Å²) in [6, 6.07) is 4.10. The predicted octanol–water partition coefficient (Wildman–Crippen LogP) is 2.68. The number of rotatable bonds is 5. The van der Waals surface area contributed by atoms with E-state index in [2.05, 4.69) is 17.2 Å². The first kappa shape index (κ1) is 14.9. The maximum Gasteiger partial charge on any atom is 0.239 e. The van der Waals surface area contributed by atoms with Gasteiger partial charge in [0.15, 0.2) is 0 Å². The van der Waals surface area contributed by atoms with Crippen molar-refractivity contribution in [3.63, 3.8) is 0 Å². The summed E-state index contributed by atoms with van der Waals surface area (Å²) in [5.41, 5.74) is 6.45. The lowest BCUT2D eigenvalue weighted by Gasteiger charge is -2.28. The highest BCUT2D eigenvalue weighted by molar-refractivity contribution is 5.53. The molecule has 1 saturated heterocycles. The Morgan fingerprint density at radius 1 is 1.30 bits per heavy atom. The van der Waals surface area contributed by atoms with E-state index in [4.69, 9.17) is 15.2 Å². The Kier molecular flexibility index (Phi) is 5.06. The fourth-order valence-corrected chi connectivity index (χ4v) is 2.42. The Morgan fingerprint density at radius 2 is 2.00 bits per heavy atom. The zero-order chi connectivity index (χ0) is 14.5. The van der Waals surface area contributed by atoms with E-state index in [0.29, 0.717) is 23.5 Å². The molecule has 1 aliphatic heterocycles. The molecule has 0 aliphatic carbocycles. The van der Waals surface area contributed by atoms with E-state index in [9.17, 15) is 0 Å². The molecule has 1 fully saturated rings. The molecule has 112 valence electrons. The van der Waals surface area contributed by atoms with E-state index in [-0.39, 0.29) is 6.10 Å². The molecule has 2 heterocycles. The third-order valence-corrected chi connectivity index (χ3v) is 3.59. The van der Waals surface area contributed by atoms with Gasteiger partial charge in [0.2, 0.25) is 5.88 Å². The highest BCUT2D eigenvalue weighted by atomic mass is 16.5. The molecule has 0 radical (unpaired) electrons. The Bertz CT molecular complexity index is 431. The van der Waals surface area contributed by atoms with Crippen LogP contribution in [0.2, 0.25) is 0 Å². The molecular weight excluding hydrogens is 254 g/mol. The number of ether oxygens (including phenoxy) is 2. The molecule has 5 heteroatoms. The zero-order valence-electron chi connectivity index (χ0n) is 12.6. The van der Waals surface area contributed by atoms with Crippen molar-refractivity contribution in [3.8, 4) is 5.88 Å². The first-order valence-electron chi connectivity index (χ1n) is 7.33. The van der Waals surface area contributed by atoms with Gasteiger partial charge in [0, 0.05) is 19.3 Å². The lowest BCUT2D eigenvalue weighted by Crippen LogP contribution is -2.31. The van der Waals surface area contributed by atoms with Crippen LogP contribution in [0.1, 0.15) is 33.6 Å². The van der Waals surface area contributed by atoms with Crippen LogP contribution in [0, 0.1) is 5.92 Å². The summed E-state index contributed by atoms with van der Waals surface area (Å²) in [6.45, 7) is 7.83. The van der Waals surface area contributed by atoms with Crippen LogP contribution in [-0.2, 0) is 4.74 Å². The summed E-state index contributed by atoms with van der Waals surface area (Å²) in [4.78, 5) is 4.46. The van der Waals surface area contributed by atoms with Crippen molar-refractivity contribution in [3.05, 3.63) is 12.1 Å². The Balaban J connectivity index is 2.01. The summed E-state index contributed by atoms with van der Waals surface area (Å²) in [6.07, 6.45) is 2.25. The molecule has 2 rings (SSSR count). The summed E-state index contributed by atoms with van der Waals surface area (Å²) >= 11 is 0. The molecule has 5 nitrogen and oxygen atoms in total. The second-order valence-corrected chi connectivity index (χ2v) is 5.64. The number of hydrogen-bond acceptors (Lipinski definition) is 5. The highest BCUT2D eigenvalue weighted by Crippen LogP contribution is 2.25. The van der Waals surface area contributed by atoms with Gasteiger partial charge in [0.25, 0.3) is 0 Å². The van der Waals surface area contributed by atoms with Gasteiger partial charge >= 0.3 is 0 Å². The molecule has 3 N–H and O–H groups in total. The number of nitrogens with two attached hydrogens (primary N) is 1. The molecule has 1 aliphatic rings. The number of anilines is 2. The monoisotopic (exact) mass is 279 g/mol. The van der Waals surface area contributed by atoms with Gasteiger partial charge in [-0.3, -0.25) is 0 Å². The van der Waals surface area contributed by atoms with Gasteiger partial charge < -0.3 is 20.5 Å². The SMILES string of the molecule is CC(C)Oc1nc(NC(C)C2CCOCC2)ccc1N. The molecule has 0 aromatic carbocycles. The van der Waals surface area contributed by atoms with Gasteiger partial charge in [-0.2, -0.15) is 4.98 Å². The number of aromatic nitrogens is 1. The maximum absolute atomic E-state index is 5.88. The van der Waals surface area contributed by atoms with E-state index in [1.165, 1.54) is 0 Å². The van der Waals surface area contributed by atoms with Crippen molar-refractivity contribution in [2.24, 2.45) is 5.92 Å². The van der Waals surface area contributed by atoms with E-state index in [1.54, 1.807) is 0 Å². The van der Waals surface area contributed by atoms with Crippen molar-refractivity contribution >= 4 is 11.5 Å². The molecule has 1 aromatic heterocycles. The molecule has 0 saturated carbocycles. The third-order valence-electron chi connectivity index (χ3n) is 3.59. The largest absolute Gasteiger partial charge is 0.473 e. The average Bonchev–Trinajstić information content (AvgIpc) is 2.43. The second-order valence-electron chi connectivity index (χ2n) is 5.64. The minimum absolute atomic E-state index is 0.0629. The fraction of sp³-hybridized carbons (Fsp3) is 0.667. The molecule has 1 aromatic rings. The zero-order valence-corrected chi connectivity index (χ0v) is 12.6. The van der Waals surface area contributed by atoms with Crippen LogP contribution in [0.5, 0.6) is 5.88 Å². The Labute approximate surface area is 120 Å². The Hall–Kier alpha value is -1.49. The van der Waals surface area contributed by atoms with Crippen molar-refractivity contribution in [1.29, 1.82) is 0 Å². The van der Waals surface area contributed by atoms with Crippen LogP contribution in [0.4, 0.5) is 11.5 Å². The third kappa shape index (κ3) is 4.00. The maximum atomic E-state index is 5.88. The minimum Gasteiger partial charge on any atom is -0.473 e. The summed E-state index contributed by atoms with van der Waals surface area (Å²) in [7, 11) is 0. The van der Waals surface area contributed by atoms with Crippen LogP contribution in [-0.4, -0.2) is 30.3 Å². The molecule has 0 amide bonds. The standard InChI is InChI=1S/C15H25N3O2/c1-10(2)20-15-13(16)4-5-14(18-15)17-11(3)12-6-8-19-9-7-12/h4-5,10-12H,6-9,16H2,1-3H3,(H,17,18). The molecule has 0 bridgehead atoms. The normalized spacial score (nSPS) is 18.0. The Morgan fingerprint density at radius 3 is 2.65 bits per heavy atom. The second kappa shape index (κ2) is 6.79. The van der Waals surface area contributed by atoms with E-state index < -0.39 is 0 Å². The van der Waals surface area contributed by atoms with E-state index in [1.807, 2.05) is 26.0 Å². The molecular formula is C15H25N3O2. The summed E-state index contributed by atoms with van der Waals surface area (Å²) < 4.78 is 11.0. The number of pyridine rings is 1. The van der Waals surface area contributed by atoms with E-state index >= 15 is 0 Å². The average molecular weight is 279 g/mol. The summed E-state index contributed by atoms with van der Waals surface area (Å²) in [5.74, 6) is 1.94. The molecule has 0 spiro atoms. The van der Waals surface area contributed by atoms with Crippen molar-refractivity contribution in [1.82, 2.24) is 4.98 Å². The predicted molar refractivity (Wildman–Crippen MR) is 81.0 cm³/mol. The number of hydrogen-bond donors (Lipinski definition) is 2. The smallest absolute Gasteiger partial charge is 0.239 e. The number of nitrogen functional groups attached to an aromatic ring is 1. The lowest BCUT2D eigenvalue weighted by atomic mass is 9.93. The van der Waals surface area contributed by atoms with Gasteiger partial charge in [0.1, 0.15) is 5.82 Å². The summed E-state index contributed by atoms with van der Waals surface area (Å²) in [5, 5.41) is 3.45. The quantitative estimate of drug-likeness (QED) is 0.867. The minimum atomic E-state index is 0.0629. The van der Waals surface area contributed by atoms with Gasteiger partial charge in [-0.1, -0.05) is 0 Å². The van der Waals surface area contributed by atoms with Crippen molar-refractivity contribution in [2.75, 3.05) is 24.3 Å². The topological polar surface area (TPSA) is 69.4 Å². The van der Waals surface area contributed by atoms with Crippen molar-refractivity contribution < 1.29 is 9.47 Å². The fourth-order valence-electron chi connectivity index (χ4n) is 2.42.